The normalized spacial score (nSPS) is 20.9. The van der Waals surface area contributed by atoms with E-state index in [-0.39, 0.29) is 17.4 Å². The van der Waals surface area contributed by atoms with Crippen molar-refractivity contribution < 1.29 is 9.53 Å². The van der Waals surface area contributed by atoms with Crippen LogP contribution in [0, 0.1) is 12.8 Å². The van der Waals surface area contributed by atoms with E-state index in [9.17, 15) is 9.59 Å². The van der Waals surface area contributed by atoms with Gasteiger partial charge in [-0.05, 0) is 49.1 Å². The van der Waals surface area contributed by atoms with Gasteiger partial charge in [0, 0.05) is 48.2 Å². The second-order valence-electron chi connectivity index (χ2n) is 7.94. The Morgan fingerprint density at radius 2 is 2.04 bits per heavy atom. The van der Waals surface area contributed by atoms with Crippen LogP contribution in [0.5, 0.6) is 5.75 Å². The molecule has 3 aromatic rings. The number of hydrogen-bond donors (Lipinski definition) is 1. The van der Waals surface area contributed by atoms with Gasteiger partial charge in [-0.1, -0.05) is 6.07 Å². The standard InChI is InChI=1S/C22H23N3O3/c1-13-17-9-16(28-2)6-7-18(17)23-21(13)22(27)24-10-14-8-15(12-24)19-4-3-5-20(26)25(19)11-14/h3-7,9,14-15,23H,8,10-12H2,1-2H3/t14-,15+/m0/s1. The van der Waals surface area contributed by atoms with E-state index >= 15 is 0 Å². The van der Waals surface area contributed by atoms with Gasteiger partial charge in [-0.2, -0.15) is 0 Å². The van der Waals surface area contributed by atoms with Crippen LogP contribution in [0.2, 0.25) is 0 Å². The highest BCUT2D eigenvalue weighted by atomic mass is 16.5. The van der Waals surface area contributed by atoms with Gasteiger partial charge in [-0.3, -0.25) is 9.59 Å². The Hall–Kier alpha value is -3.02. The zero-order valence-electron chi connectivity index (χ0n) is 16.1. The second kappa shape index (κ2) is 6.26. The van der Waals surface area contributed by atoms with Crippen molar-refractivity contribution in [1.82, 2.24) is 14.5 Å². The van der Waals surface area contributed by atoms with E-state index < -0.39 is 0 Å². The van der Waals surface area contributed by atoms with Gasteiger partial charge in [0.1, 0.15) is 11.4 Å². The highest BCUT2D eigenvalue weighted by molar-refractivity contribution is 6.01. The van der Waals surface area contributed by atoms with E-state index in [0.717, 1.165) is 34.3 Å². The minimum absolute atomic E-state index is 0.0362. The number of carbonyl (C=O) groups excluding carboxylic acids is 1. The van der Waals surface area contributed by atoms with Gasteiger partial charge in [0.2, 0.25) is 0 Å². The first-order valence-electron chi connectivity index (χ1n) is 9.70. The van der Waals surface area contributed by atoms with Gasteiger partial charge in [0.15, 0.2) is 0 Å². The SMILES string of the molecule is COc1ccc2[nH]c(C(=O)N3C[C@@H]4C[C@H](C3)c3cccc(=O)n3C4)c(C)c2c1. The number of nitrogens with zero attached hydrogens (tertiary/aromatic N) is 2. The van der Waals surface area contributed by atoms with E-state index in [0.29, 0.717) is 31.2 Å². The molecule has 1 amide bonds. The van der Waals surface area contributed by atoms with Crippen molar-refractivity contribution in [2.75, 3.05) is 20.2 Å². The van der Waals surface area contributed by atoms with Crippen LogP contribution in [0.15, 0.2) is 41.2 Å². The number of likely N-dealkylation sites (tertiary alicyclic amines) is 1. The summed E-state index contributed by atoms with van der Waals surface area (Å²) >= 11 is 0. The molecule has 6 heteroatoms. The number of H-pyrrole nitrogens is 1. The number of benzene rings is 1. The molecule has 1 saturated heterocycles. The van der Waals surface area contributed by atoms with E-state index in [1.165, 1.54) is 0 Å². The number of nitrogens with one attached hydrogen (secondary N) is 1. The number of amides is 1. The van der Waals surface area contributed by atoms with Gasteiger partial charge in [0.05, 0.1) is 7.11 Å². The number of hydrogen-bond acceptors (Lipinski definition) is 3. The van der Waals surface area contributed by atoms with Crippen LogP contribution in [-0.2, 0) is 6.54 Å². The topological polar surface area (TPSA) is 67.3 Å². The molecule has 6 nitrogen and oxygen atoms in total. The zero-order valence-corrected chi connectivity index (χ0v) is 16.1. The Balaban J connectivity index is 1.48. The number of ether oxygens (including phenoxy) is 1. The molecule has 28 heavy (non-hydrogen) atoms. The fraction of sp³-hybridized carbons (Fsp3) is 0.364. The van der Waals surface area contributed by atoms with Crippen molar-refractivity contribution in [3.05, 3.63) is 63.7 Å². The van der Waals surface area contributed by atoms with Crippen LogP contribution in [0.3, 0.4) is 0 Å². The Kier molecular flexibility index (Phi) is 3.82. The molecule has 1 N–H and O–H groups in total. The fourth-order valence-electron chi connectivity index (χ4n) is 4.87. The number of fused-ring (bicyclic) bond motifs is 5. The number of aromatic nitrogens is 2. The van der Waals surface area contributed by atoms with Crippen LogP contribution in [0.4, 0.5) is 0 Å². The molecule has 2 aliphatic rings. The summed E-state index contributed by atoms with van der Waals surface area (Å²) in [6.07, 6.45) is 1.04. The summed E-state index contributed by atoms with van der Waals surface area (Å²) in [5.74, 6) is 1.35. The van der Waals surface area contributed by atoms with Crippen molar-refractivity contribution in [2.45, 2.75) is 25.8 Å². The van der Waals surface area contributed by atoms with Gasteiger partial charge in [-0.25, -0.2) is 0 Å². The molecule has 0 saturated carbocycles. The average Bonchev–Trinajstić information content (AvgIpc) is 3.04. The highest BCUT2D eigenvalue weighted by Crippen LogP contribution is 2.36. The molecule has 0 radical (unpaired) electrons. The minimum atomic E-state index is 0.0362. The molecule has 5 rings (SSSR count). The molecule has 1 aromatic carbocycles. The smallest absolute Gasteiger partial charge is 0.270 e. The average molecular weight is 377 g/mol. The Morgan fingerprint density at radius 3 is 2.86 bits per heavy atom. The molecule has 0 unspecified atom stereocenters. The van der Waals surface area contributed by atoms with Gasteiger partial charge >= 0.3 is 0 Å². The van der Waals surface area contributed by atoms with Crippen LogP contribution in [-0.4, -0.2) is 40.6 Å². The van der Waals surface area contributed by atoms with Crippen LogP contribution in [0.1, 0.15) is 34.1 Å². The van der Waals surface area contributed by atoms with E-state index in [1.807, 2.05) is 46.7 Å². The summed E-state index contributed by atoms with van der Waals surface area (Å²) in [5.41, 5.74) is 3.66. The van der Waals surface area contributed by atoms with Crippen molar-refractivity contribution in [1.29, 1.82) is 0 Å². The largest absolute Gasteiger partial charge is 0.497 e. The third-order valence-electron chi connectivity index (χ3n) is 6.25. The van der Waals surface area contributed by atoms with Gasteiger partial charge in [-0.15, -0.1) is 0 Å². The fourth-order valence-corrected chi connectivity index (χ4v) is 4.87. The van der Waals surface area contributed by atoms with E-state index in [2.05, 4.69) is 4.98 Å². The summed E-state index contributed by atoms with van der Waals surface area (Å²) in [4.78, 5) is 30.8. The quantitative estimate of drug-likeness (QED) is 0.747. The van der Waals surface area contributed by atoms with Gasteiger partial charge < -0.3 is 19.2 Å². The van der Waals surface area contributed by atoms with Crippen molar-refractivity contribution in [2.24, 2.45) is 5.92 Å². The molecule has 2 aliphatic heterocycles. The third-order valence-corrected chi connectivity index (χ3v) is 6.25. The lowest BCUT2D eigenvalue weighted by atomic mass is 9.83. The summed E-state index contributed by atoms with van der Waals surface area (Å²) in [7, 11) is 1.64. The number of carbonyl (C=O) groups is 1. The predicted molar refractivity (Wildman–Crippen MR) is 107 cm³/mol. The first kappa shape index (κ1) is 17.1. The van der Waals surface area contributed by atoms with E-state index in [4.69, 9.17) is 4.74 Å². The Bertz CT molecular complexity index is 1140. The lowest BCUT2D eigenvalue weighted by molar-refractivity contribution is 0.0589. The summed E-state index contributed by atoms with van der Waals surface area (Å²) in [6, 6.07) is 11.3. The Labute approximate surface area is 162 Å². The number of aryl methyl sites for hydroxylation is 1. The number of methoxy groups -OCH3 is 1. The number of rotatable bonds is 2. The second-order valence-corrected chi connectivity index (χ2v) is 7.94. The van der Waals surface area contributed by atoms with Gasteiger partial charge in [0.25, 0.3) is 11.5 Å². The molecule has 144 valence electrons. The number of piperidine rings is 1. The number of pyridine rings is 1. The maximum absolute atomic E-state index is 13.3. The van der Waals surface area contributed by atoms with Crippen LogP contribution in [0.25, 0.3) is 10.9 Å². The first-order chi connectivity index (χ1) is 13.5. The summed E-state index contributed by atoms with van der Waals surface area (Å²) in [6.45, 7) is 4.01. The molecule has 4 heterocycles. The molecule has 0 aliphatic carbocycles. The van der Waals surface area contributed by atoms with Crippen LogP contribution < -0.4 is 10.3 Å². The molecular weight excluding hydrogens is 354 g/mol. The molecule has 2 bridgehead atoms. The number of aromatic amines is 1. The monoisotopic (exact) mass is 377 g/mol. The van der Waals surface area contributed by atoms with Crippen molar-refractivity contribution >= 4 is 16.8 Å². The summed E-state index contributed by atoms with van der Waals surface area (Å²) < 4.78 is 7.21. The molecule has 2 aromatic heterocycles. The molecule has 1 fully saturated rings. The first-order valence-corrected chi connectivity index (χ1v) is 9.70. The lowest BCUT2D eigenvalue weighted by Gasteiger charge is -2.42. The molecule has 0 spiro atoms. The van der Waals surface area contributed by atoms with Crippen molar-refractivity contribution in [3.63, 3.8) is 0 Å². The highest BCUT2D eigenvalue weighted by Gasteiger charge is 2.37. The zero-order chi connectivity index (χ0) is 19.4. The summed E-state index contributed by atoms with van der Waals surface area (Å²) in [5, 5.41) is 1.01. The van der Waals surface area contributed by atoms with E-state index in [1.54, 1.807) is 13.2 Å². The molecular formula is C22H23N3O3. The maximum atomic E-state index is 13.3. The lowest BCUT2D eigenvalue weighted by Crippen LogP contribution is -2.49. The van der Waals surface area contributed by atoms with Crippen LogP contribution >= 0.6 is 0 Å². The predicted octanol–water partition coefficient (Wildman–Crippen LogP) is 2.91. The van der Waals surface area contributed by atoms with Crippen molar-refractivity contribution in [3.8, 4) is 5.75 Å². The Morgan fingerprint density at radius 1 is 1.18 bits per heavy atom. The molecule has 2 atom stereocenters. The maximum Gasteiger partial charge on any atom is 0.270 e. The minimum Gasteiger partial charge on any atom is -0.497 e. The third kappa shape index (κ3) is 2.55.